The second-order valence-corrected chi connectivity index (χ2v) is 12.2. The smallest absolute Gasteiger partial charge is 0.416 e. The van der Waals surface area contributed by atoms with Crippen molar-refractivity contribution in [3.63, 3.8) is 0 Å². The Morgan fingerprint density at radius 2 is 1.58 bits per heavy atom. The Balaban J connectivity index is 1.63. The number of carboxylic acids is 1. The molecule has 0 aliphatic carbocycles. The minimum Gasteiger partial charge on any atom is -0.497 e. The molecule has 0 unspecified atom stereocenters. The van der Waals surface area contributed by atoms with Gasteiger partial charge in [-0.15, -0.1) is 0 Å². The van der Waals surface area contributed by atoms with Crippen molar-refractivity contribution in [3.05, 3.63) is 71.0 Å². The quantitative estimate of drug-likeness (QED) is 0.224. The number of aliphatic carboxylic acids is 1. The van der Waals surface area contributed by atoms with Gasteiger partial charge in [0.25, 0.3) is 0 Å². The lowest BCUT2D eigenvalue weighted by Crippen LogP contribution is -2.48. The van der Waals surface area contributed by atoms with Gasteiger partial charge in [0.1, 0.15) is 5.75 Å². The molecule has 3 heterocycles. The number of nitrogens with zero attached hydrogens (tertiary/aromatic N) is 5. The van der Waals surface area contributed by atoms with Gasteiger partial charge in [-0.05, 0) is 74.6 Å². The third-order valence-electron chi connectivity index (χ3n) is 9.12. The van der Waals surface area contributed by atoms with Crippen molar-refractivity contribution in [2.45, 2.75) is 70.5 Å². The van der Waals surface area contributed by atoms with E-state index in [9.17, 15) is 41.0 Å². The van der Waals surface area contributed by atoms with E-state index in [1.54, 1.807) is 30.0 Å². The van der Waals surface area contributed by atoms with E-state index in [4.69, 9.17) is 9.47 Å². The number of rotatable bonds is 9. The van der Waals surface area contributed by atoms with Crippen LogP contribution in [0.4, 0.5) is 48.5 Å². The molecule has 3 aromatic rings. The second kappa shape index (κ2) is 14.6. The Kier molecular flexibility index (Phi) is 10.7. The lowest BCUT2D eigenvalue weighted by Gasteiger charge is -2.44. The number of alkyl halides is 6. The molecule has 1 fully saturated rings. The molecule has 2 aliphatic rings. The summed E-state index contributed by atoms with van der Waals surface area (Å²) in [5.74, 6) is -0.906. The third kappa shape index (κ3) is 7.83. The molecule has 0 radical (unpaired) electrons. The van der Waals surface area contributed by atoms with Crippen molar-refractivity contribution in [3.8, 4) is 5.75 Å². The van der Waals surface area contributed by atoms with Gasteiger partial charge in [-0.25, -0.2) is 14.8 Å². The van der Waals surface area contributed by atoms with Crippen LogP contribution in [-0.4, -0.2) is 60.0 Å². The molecule has 1 saturated heterocycles. The Hall–Kier alpha value is -4.76. The molecular weight excluding hydrogens is 672 g/mol. The fraction of sp³-hybridized carbons (Fsp3) is 0.471. The fourth-order valence-corrected chi connectivity index (χ4v) is 6.56. The number of amides is 1. The van der Waals surface area contributed by atoms with Crippen LogP contribution in [0, 0.1) is 5.92 Å². The van der Waals surface area contributed by atoms with Crippen molar-refractivity contribution in [1.82, 2.24) is 9.97 Å². The topological polar surface area (TPSA) is 108 Å². The maximum Gasteiger partial charge on any atom is 0.416 e. The van der Waals surface area contributed by atoms with E-state index in [1.165, 1.54) is 24.4 Å². The first-order valence-electron chi connectivity index (χ1n) is 16.1. The molecular formula is C34H37F6N5O5. The van der Waals surface area contributed by atoms with E-state index in [-0.39, 0.29) is 30.6 Å². The number of fused-ring (bicyclic) bond motifs is 1. The summed E-state index contributed by atoms with van der Waals surface area (Å²) in [5.41, 5.74) is -1.64. The minimum atomic E-state index is -5.05. The van der Waals surface area contributed by atoms with Crippen LogP contribution >= 0.6 is 0 Å². The van der Waals surface area contributed by atoms with E-state index in [2.05, 4.69) is 9.97 Å². The minimum absolute atomic E-state index is 0.0263. The third-order valence-corrected chi connectivity index (χ3v) is 9.12. The van der Waals surface area contributed by atoms with E-state index in [1.807, 2.05) is 11.8 Å². The number of carbonyl (C=O) groups is 2. The molecule has 2 aromatic carbocycles. The van der Waals surface area contributed by atoms with Crippen LogP contribution in [0.25, 0.3) is 0 Å². The first-order chi connectivity index (χ1) is 23.6. The van der Waals surface area contributed by atoms with Crippen LogP contribution in [0.2, 0.25) is 0 Å². The molecule has 1 amide bonds. The van der Waals surface area contributed by atoms with Crippen LogP contribution in [0.15, 0.2) is 48.8 Å². The Bertz CT molecular complexity index is 1650. The first kappa shape index (κ1) is 36.5. The Morgan fingerprint density at radius 3 is 2.10 bits per heavy atom. The number of hydrogen-bond donors (Lipinski definition) is 1. The van der Waals surface area contributed by atoms with Gasteiger partial charge in [0.2, 0.25) is 5.95 Å². The molecule has 1 N–H and O–H groups in total. The predicted octanol–water partition coefficient (Wildman–Crippen LogP) is 7.72. The first-order valence-corrected chi connectivity index (χ1v) is 16.1. The lowest BCUT2D eigenvalue weighted by atomic mass is 9.88. The maximum absolute atomic E-state index is 13.9. The summed E-state index contributed by atoms with van der Waals surface area (Å²) in [7, 11) is 1.44. The average Bonchev–Trinajstić information content (AvgIpc) is 3.09. The zero-order valence-electron chi connectivity index (χ0n) is 27.6. The van der Waals surface area contributed by atoms with E-state index >= 15 is 0 Å². The number of aromatic nitrogens is 2. The largest absolute Gasteiger partial charge is 0.497 e. The van der Waals surface area contributed by atoms with Gasteiger partial charge < -0.3 is 24.4 Å². The summed E-state index contributed by atoms with van der Waals surface area (Å²) in [6.07, 6.45) is -6.22. The molecule has 270 valence electrons. The number of anilines is 3. The number of benzene rings is 2. The van der Waals surface area contributed by atoms with Crippen molar-refractivity contribution >= 4 is 29.4 Å². The molecule has 0 bridgehead atoms. The van der Waals surface area contributed by atoms with Gasteiger partial charge in [-0.2, -0.15) is 26.3 Å². The van der Waals surface area contributed by atoms with E-state index in [0.717, 1.165) is 0 Å². The normalized spacial score (nSPS) is 18.4. The van der Waals surface area contributed by atoms with Crippen LogP contribution in [0.5, 0.6) is 5.75 Å². The zero-order chi connectivity index (χ0) is 36.4. The standard InChI is InChI=1S/C34H37F6N5O5/c1-4-24-15-29(27-16-26(49-3)6-7-28(27)45(24)32(48)50-5-2)44(19-20-12-22(33(35,36)37)14-23(13-20)34(38,39)40)31-41-17-25(18-42-31)43-10-8-21(9-11-43)30(46)47/h6-7,12-14,16-18,21,24,29H,4-5,8-11,15,19H2,1-3H3,(H,46,47)/t24-,29+/m1/s1. The number of methoxy groups -OCH3 is 1. The van der Waals surface area contributed by atoms with Gasteiger partial charge in [-0.1, -0.05) is 6.92 Å². The summed E-state index contributed by atoms with van der Waals surface area (Å²) in [4.78, 5) is 38.7. The maximum atomic E-state index is 13.9. The monoisotopic (exact) mass is 709 g/mol. The summed E-state index contributed by atoms with van der Waals surface area (Å²) in [5, 5.41) is 9.36. The summed E-state index contributed by atoms with van der Waals surface area (Å²) in [6, 6.07) is 5.21. The molecule has 2 aliphatic heterocycles. The van der Waals surface area contributed by atoms with Gasteiger partial charge in [0.05, 0.1) is 60.6 Å². The number of carbonyl (C=O) groups excluding carboxylic acids is 1. The SMILES string of the molecule is CCOC(=O)N1c2ccc(OC)cc2[C@@H](N(Cc2cc(C(F)(F)F)cc(C(F)(F)F)c2)c2ncc(N3CCC(C(=O)O)CC3)cn2)C[C@H]1CC. The predicted molar refractivity (Wildman–Crippen MR) is 171 cm³/mol. The highest BCUT2D eigenvalue weighted by Gasteiger charge is 2.41. The van der Waals surface area contributed by atoms with Crippen molar-refractivity contribution < 1.29 is 50.5 Å². The van der Waals surface area contributed by atoms with Crippen LogP contribution in [0.3, 0.4) is 0 Å². The highest BCUT2D eigenvalue weighted by Crippen LogP contribution is 2.45. The Labute approximate surface area is 284 Å². The fourth-order valence-electron chi connectivity index (χ4n) is 6.56. The van der Waals surface area contributed by atoms with Gasteiger partial charge in [-0.3, -0.25) is 9.69 Å². The number of ether oxygens (including phenoxy) is 2. The van der Waals surface area contributed by atoms with Crippen LogP contribution < -0.4 is 19.4 Å². The van der Waals surface area contributed by atoms with Gasteiger partial charge in [0.15, 0.2) is 0 Å². The zero-order valence-corrected chi connectivity index (χ0v) is 27.6. The molecule has 0 saturated carbocycles. The number of carboxylic acid groups (broad SMARTS) is 1. The second-order valence-electron chi connectivity index (χ2n) is 12.2. The number of halogens is 6. The highest BCUT2D eigenvalue weighted by atomic mass is 19.4. The Morgan fingerprint density at radius 1 is 0.960 bits per heavy atom. The van der Waals surface area contributed by atoms with Crippen molar-refractivity contribution in [2.75, 3.05) is 41.5 Å². The van der Waals surface area contributed by atoms with Crippen LogP contribution in [-0.2, 0) is 28.4 Å². The van der Waals surface area contributed by atoms with Crippen molar-refractivity contribution in [1.29, 1.82) is 0 Å². The molecule has 0 spiro atoms. The average molecular weight is 710 g/mol. The molecule has 10 nitrogen and oxygen atoms in total. The van der Waals surface area contributed by atoms with Gasteiger partial charge in [0, 0.05) is 31.2 Å². The van der Waals surface area contributed by atoms with Gasteiger partial charge >= 0.3 is 24.4 Å². The summed E-state index contributed by atoms with van der Waals surface area (Å²) >= 11 is 0. The van der Waals surface area contributed by atoms with Crippen molar-refractivity contribution in [2.24, 2.45) is 5.92 Å². The van der Waals surface area contributed by atoms with E-state index < -0.39 is 60.1 Å². The molecule has 16 heteroatoms. The molecule has 1 aromatic heterocycles. The summed E-state index contributed by atoms with van der Waals surface area (Å²) < 4.78 is 94.2. The van der Waals surface area contributed by atoms with Crippen LogP contribution in [0.1, 0.15) is 67.8 Å². The molecule has 2 atom stereocenters. The van der Waals surface area contributed by atoms with E-state index in [0.29, 0.717) is 67.2 Å². The molecule has 50 heavy (non-hydrogen) atoms. The number of hydrogen-bond acceptors (Lipinski definition) is 8. The molecule has 5 rings (SSSR count). The summed E-state index contributed by atoms with van der Waals surface area (Å²) in [6.45, 7) is 4.05. The highest BCUT2D eigenvalue weighted by molar-refractivity contribution is 5.90. The number of piperidine rings is 1. The lowest BCUT2D eigenvalue weighted by molar-refractivity contribution is -0.144.